The molecule has 7 heteroatoms. The number of nitrogens with one attached hydrogen (secondary N) is 1. The van der Waals surface area contributed by atoms with Crippen molar-refractivity contribution in [3.8, 4) is 11.8 Å². The first-order valence-corrected chi connectivity index (χ1v) is 11.9. The van der Waals surface area contributed by atoms with Crippen LogP contribution in [0.15, 0.2) is 82.8 Å². The molecule has 0 radical (unpaired) electrons. The number of aryl methyl sites for hydroxylation is 1. The number of aromatic nitrogens is 1. The number of hydrogen-bond acceptors (Lipinski definition) is 5. The Hall–Kier alpha value is -4.28. The zero-order chi connectivity index (χ0) is 24.4. The number of ether oxygens (including phenoxy) is 1. The highest BCUT2D eigenvalue weighted by atomic mass is 32.2. The number of carbonyl (C=O) groups is 1. The van der Waals surface area contributed by atoms with Gasteiger partial charge >= 0.3 is 0 Å². The monoisotopic (exact) mass is 478 g/mol. The summed E-state index contributed by atoms with van der Waals surface area (Å²) in [5, 5.41) is 13.9. The molecular weight excluding hydrogens is 456 g/mol. The van der Waals surface area contributed by atoms with Crippen LogP contribution in [0.25, 0.3) is 17.0 Å². The molecule has 172 valence electrons. The van der Waals surface area contributed by atoms with Crippen LogP contribution in [0.5, 0.6) is 5.75 Å². The molecule has 2 heterocycles. The largest absolute Gasteiger partial charge is 0.494 e. The van der Waals surface area contributed by atoms with E-state index in [-0.39, 0.29) is 5.91 Å². The van der Waals surface area contributed by atoms with Crippen molar-refractivity contribution in [3.63, 3.8) is 0 Å². The second-order valence-electron chi connectivity index (χ2n) is 8.16. The van der Waals surface area contributed by atoms with Crippen molar-refractivity contribution < 1.29 is 9.53 Å². The van der Waals surface area contributed by atoms with E-state index in [4.69, 9.17) is 4.74 Å². The normalized spacial score (nSPS) is 15.5. The van der Waals surface area contributed by atoms with Gasteiger partial charge in [-0.1, -0.05) is 42.5 Å². The number of fused-ring (bicyclic) bond motifs is 1. The van der Waals surface area contributed by atoms with E-state index in [2.05, 4.69) is 20.9 Å². The maximum absolute atomic E-state index is 12.8. The minimum Gasteiger partial charge on any atom is -0.494 e. The van der Waals surface area contributed by atoms with E-state index < -0.39 is 0 Å². The summed E-state index contributed by atoms with van der Waals surface area (Å²) in [6.07, 6.45) is 3.92. The molecule has 6 nitrogen and oxygen atoms in total. The van der Waals surface area contributed by atoms with Gasteiger partial charge < -0.3 is 14.6 Å². The number of methoxy groups -OCH3 is 1. The molecule has 1 N–H and O–H groups in total. The average Bonchev–Trinajstić information content (AvgIpc) is 3.39. The summed E-state index contributed by atoms with van der Waals surface area (Å²) in [5.74, 6) is 0.461. The van der Waals surface area contributed by atoms with E-state index >= 15 is 0 Å². The molecule has 0 aliphatic carbocycles. The lowest BCUT2D eigenvalue weighted by atomic mass is 10.1. The summed E-state index contributed by atoms with van der Waals surface area (Å²) >= 11 is 1.30. The summed E-state index contributed by atoms with van der Waals surface area (Å²) in [5.41, 5.74) is 5.30. The molecular formula is C28H22N4O2S. The topological polar surface area (TPSA) is 79.4 Å². The number of thioether (sulfide) groups is 1. The number of amidine groups is 1. The Bertz CT molecular complexity index is 1560. The molecule has 1 aliphatic heterocycles. The van der Waals surface area contributed by atoms with Crippen LogP contribution in [0.4, 0.5) is 5.69 Å². The zero-order valence-corrected chi connectivity index (χ0v) is 20.1. The first-order valence-electron chi connectivity index (χ1n) is 11.1. The Morgan fingerprint density at radius 1 is 1.14 bits per heavy atom. The fourth-order valence-corrected chi connectivity index (χ4v) is 4.92. The Morgan fingerprint density at radius 3 is 2.77 bits per heavy atom. The van der Waals surface area contributed by atoms with Gasteiger partial charge in [-0.2, -0.15) is 5.26 Å². The van der Waals surface area contributed by atoms with Gasteiger partial charge in [-0.25, -0.2) is 4.99 Å². The van der Waals surface area contributed by atoms with Crippen molar-refractivity contribution in [1.82, 2.24) is 9.88 Å². The van der Waals surface area contributed by atoms with Crippen molar-refractivity contribution in [1.29, 1.82) is 5.26 Å². The highest BCUT2D eigenvalue weighted by Crippen LogP contribution is 2.34. The number of amides is 1. The van der Waals surface area contributed by atoms with Crippen molar-refractivity contribution in [2.24, 2.45) is 4.99 Å². The van der Waals surface area contributed by atoms with Crippen LogP contribution in [0, 0.1) is 18.3 Å². The predicted octanol–water partition coefficient (Wildman–Crippen LogP) is 5.77. The number of hydrogen-bond donors (Lipinski definition) is 1. The summed E-state index contributed by atoms with van der Waals surface area (Å²) in [4.78, 5) is 17.9. The summed E-state index contributed by atoms with van der Waals surface area (Å²) < 4.78 is 7.52. The van der Waals surface area contributed by atoms with Crippen molar-refractivity contribution in [3.05, 3.63) is 100 Å². The van der Waals surface area contributed by atoms with Gasteiger partial charge in [0.1, 0.15) is 11.4 Å². The van der Waals surface area contributed by atoms with Crippen LogP contribution < -0.4 is 10.1 Å². The molecule has 0 unspecified atom stereocenters. The van der Waals surface area contributed by atoms with Crippen molar-refractivity contribution in [2.45, 2.75) is 13.5 Å². The molecule has 1 aliphatic rings. The van der Waals surface area contributed by atoms with Crippen LogP contribution in [0.2, 0.25) is 0 Å². The number of nitriles is 1. The second-order valence-corrected chi connectivity index (χ2v) is 9.19. The Labute approximate surface area is 207 Å². The maximum atomic E-state index is 12.8. The van der Waals surface area contributed by atoms with Gasteiger partial charge in [0.15, 0.2) is 5.17 Å². The third kappa shape index (κ3) is 4.57. The van der Waals surface area contributed by atoms with Crippen LogP contribution in [-0.2, 0) is 11.3 Å². The van der Waals surface area contributed by atoms with Gasteiger partial charge in [-0.3, -0.25) is 4.79 Å². The SMILES string of the molecule is COc1ccc(C)cc1N=C1NC(=O)/C(=C/c2cn(Cc3ccccc3C#N)c3ccccc23)S1. The van der Waals surface area contributed by atoms with Gasteiger partial charge in [0, 0.05) is 29.2 Å². The first kappa shape index (κ1) is 22.5. The van der Waals surface area contributed by atoms with E-state index in [1.165, 1.54) is 11.8 Å². The van der Waals surface area contributed by atoms with Crippen LogP contribution in [-0.4, -0.2) is 22.8 Å². The molecule has 0 atom stereocenters. The molecule has 1 fully saturated rings. The molecule has 0 bridgehead atoms. The molecule has 5 rings (SSSR count). The van der Waals surface area contributed by atoms with E-state index in [1.807, 2.05) is 85.9 Å². The summed E-state index contributed by atoms with van der Waals surface area (Å²) in [6, 6.07) is 23.7. The molecule has 1 saturated heterocycles. The second kappa shape index (κ2) is 9.53. The Morgan fingerprint density at radius 2 is 1.94 bits per heavy atom. The van der Waals surface area contributed by atoms with Gasteiger partial charge in [0.2, 0.25) is 0 Å². The fourth-order valence-electron chi connectivity index (χ4n) is 4.09. The molecule has 4 aromatic rings. The number of benzene rings is 3. The van der Waals surface area contributed by atoms with Crippen molar-refractivity contribution in [2.75, 3.05) is 7.11 Å². The molecule has 0 spiro atoms. The third-order valence-corrected chi connectivity index (χ3v) is 6.70. The lowest BCUT2D eigenvalue weighted by Gasteiger charge is -2.07. The Balaban J connectivity index is 1.49. The number of nitrogens with zero attached hydrogens (tertiary/aromatic N) is 3. The van der Waals surface area contributed by atoms with E-state index in [0.717, 1.165) is 27.6 Å². The smallest absolute Gasteiger partial charge is 0.264 e. The van der Waals surface area contributed by atoms with Gasteiger partial charge in [0.25, 0.3) is 5.91 Å². The van der Waals surface area contributed by atoms with Crippen molar-refractivity contribution >= 4 is 45.5 Å². The molecule has 35 heavy (non-hydrogen) atoms. The quantitative estimate of drug-likeness (QED) is 0.369. The van der Waals surface area contributed by atoms with E-state index in [9.17, 15) is 10.1 Å². The predicted molar refractivity (Wildman–Crippen MR) is 141 cm³/mol. The van der Waals surface area contributed by atoms with E-state index in [0.29, 0.717) is 33.6 Å². The minimum atomic E-state index is -0.188. The standard InChI is InChI=1S/C28H22N4O2S/c1-18-11-12-25(34-2)23(13-18)30-28-31-27(33)26(35-28)14-21-17-32(24-10-6-5-9-22(21)24)16-20-8-4-3-7-19(20)15-29/h3-14,17H,16H2,1-2H3,(H,30,31,33)/b26-14-. The Kier molecular flexibility index (Phi) is 6.13. The first-order chi connectivity index (χ1) is 17.1. The average molecular weight is 479 g/mol. The lowest BCUT2D eigenvalue weighted by molar-refractivity contribution is -0.115. The highest BCUT2D eigenvalue weighted by Gasteiger charge is 2.25. The van der Waals surface area contributed by atoms with E-state index in [1.54, 1.807) is 7.11 Å². The number of para-hydroxylation sites is 1. The third-order valence-electron chi connectivity index (χ3n) is 5.79. The number of aliphatic imine (C=N–C) groups is 1. The van der Waals surface area contributed by atoms with Crippen LogP contribution in [0.1, 0.15) is 22.3 Å². The lowest BCUT2D eigenvalue weighted by Crippen LogP contribution is -2.19. The number of rotatable bonds is 5. The van der Waals surface area contributed by atoms with Crippen LogP contribution >= 0.6 is 11.8 Å². The molecule has 1 aromatic heterocycles. The van der Waals surface area contributed by atoms with Gasteiger partial charge in [-0.15, -0.1) is 0 Å². The number of carbonyl (C=O) groups excluding carboxylic acids is 1. The van der Waals surface area contributed by atoms with Gasteiger partial charge in [0.05, 0.1) is 23.6 Å². The zero-order valence-electron chi connectivity index (χ0n) is 19.3. The summed E-state index contributed by atoms with van der Waals surface area (Å²) in [7, 11) is 1.60. The minimum absolute atomic E-state index is 0.188. The van der Waals surface area contributed by atoms with Gasteiger partial charge in [-0.05, 0) is 60.2 Å². The highest BCUT2D eigenvalue weighted by molar-refractivity contribution is 8.18. The molecule has 3 aromatic carbocycles. The van der Waals surface area contributed by atoms with Crippen LogP contribution in [0.3, 0.4) is 0 Å². The molecule has 0 saturated carbocycles. The fraction of sp³-hybridized carbons (Fsp3) is 0.107. The summed E-state index contributed by atoms with van der Waals surface area (Å²) in [6.45, 7) is 2.55. The molecule has 1 amide bonds. The maximum Gasteiger partial charge on any atom is 0.264 e.